The fourth-order valence-corrected chi connectivity index (χ4v) is 5.24. The zero-order chi connectivity index (χ0) is 30.4. The minimum atomic E-state index is -0.801. The van der Waals surface area contributed by atoms with Crippen LogP contribution in [0.1, 0.15) is 102 Å². The summed E-state index contributed by atoms with van der Waals surface area (Å²) in [6, 6.07) is 0.904. The highest BCUT2D eigenvalue weighted by molar-refractivity contribution is 7.15. The molecule has 0 bridgehead atoms. The van der Waals surface area contributed by atoms with Gasteiger partial charge in [0.15, 0.2) is 0 Å². The third-order valence-corrected chi connectivity index (χ3v) is 7.76. The molecule has 0 N–H and O–H groups in total. The zero-order valence-electron chi connectivity index (χ0n) is 25.8. The van der Waals surface area contributed by atoms with Crippen molar-refractivity contribution in [3.8, 4) is 11.8 Å². The second-order valence-electron chi connectivity index (χ2n) is 12.9. The standard InChI is InChI=1S/C31H46N2O6S/c1-11-23(27(35)32(9)10)33(26(34)21-14-12-20(2)13-15-21)24-18-22(16-17-30(3,4)5)40-25(24)28(36)38-19-39-29(37)31(6,7)8/h18,20-21,23H,11-15,19H2,1-10H3/t20?,21?,23-/m0/s1. The van der Waals surface area contributed by atoms with Gasteiger partial charge in [-0.1, -0.05) is 25.7 Å². The molecule has 1 aliphatic carbocycles. The quantitative estimate of drug-likeness (QED) is 0.219. The van der Waals surface area contributed by atoms with Crippen LogP contribution >= 0.6 is 11.3 Å². The van der Waals surface area contributed by atoms with Crippen molar-refractivity contribution in [2.75, 3.05) is 25.8 Å². The van der Waals surface area contributed by atoms with Crippen molar-refractivity contribution in [2.24, 2.45) is 22.7 Å². The molecule has 8 nitrogen and oxygen atoms in total. The second kappa shape index (κ2) is 13.7. The summed E-state index contributed by atoms with van der Waals surface area (Å²) >= 11 is 1.11. The molecule has 1 aliphatic rings. The molecule has 2 rings (SSSR count). The minimum Gasteiger partial charge on any atom is -0.427 e. The van der Waals surface area contributed by atoms with E-state index in [2.05, 4.69) is 18.8 Å². The van der Waals surface area contributed by atoms with Crippen LogP contribution in [0.4, 0.5) is 5.69 Å². The van der Waals surface area contributed by atoms with Gasteiger partial charge in [0, 0.05) is 25.4 Å². The molecular formula is C31H46N2O6S. The molecule has 0 aliphatic heterocycles. The topological polar surface area (TPSA) is 93.2 Å². The van der Waals surface area contributed by atoms with E-state index >= 15 is 0 Å². The van der Waals surface area contributed by atoms with Gasteiger partial charge in [-0.25, -0.2) is 4.79 Å². The SMILES string of the molecule is CC[C@@H](C(=O)N(C)C)N(C(=O)C1CCC(C)CC1)c1cc(C#CC(C)(C)C)sc1C(=O)OCOC(=O)C(C)(C)C. The number of anilines is 1. The number of hydrogen-bond donors (Lipinski definition) is 0. The number of carbonyl (C=O) groups is 4. The van der Waals surface area contributed by atoms with Gasteiger partial charge in [0.05, 0.1) is 16.0 Å². The Morgan fingerprint density at radius 2 is 1.62 bits per heavy atom. The van der Waals surface area contributed by atoms with Gasteiger partial charge in [0.2, 0.25) is 18.6 Å². The summed E-state index contributed by atoms with van der Waals surface area (Å²) in [7, 11) is 3.31. The van der Waals surface area contributed by atoms with E-state index in [1.165, 1.54) is 9.80 Å². The summed E-state index contributed by atoms with van der Waals surface area (Å²) in [6.07, 6.45) is 3.69. The summed E-state index contributed by atoms with van der Waals surface area (Å²) in [5.74, 6) is 4.95. The number of rotatable bonds is 8. The lowest BCUT2D eigenvalue weighted by molar-refractivity contribution is -0.161. The Balaban J connectivity index is 2.59. The highest BCUT2D eigenvalue weighted by atomic mass is 32.1. The van der Waals surface area contributed by atoms with Gasteiger partial charge >= 0.3 is 11.9 Å². The first-order valence-corrected chi connectivity index (χ1v) is 14.8. The van der Waals surface area contributed by atoms with Gasteiger partial charge in [-0.2, -0.15) is 0 Å². The van der Waals surface area contributed by atoms with Crippen LogP contribution in [-0.2, 0) is 23.9 Å². The van der Waals surface area contributed by atoms with Crippen molar-refractivity contribution in [3.63, 3.8) is 0 Å². The molecule has 40 heavy (non-hydrogen) atoms. The summed E-state index contributed by atoms with van der Waals surface area (Å²) in [6.45, 7) is 14.5. The average Bonchev–Trinajstić information content (AvgIpc) is 3.28. The Labute approximate surface area is 243 Å². The van der Waals surface area contributed by atoms with E-state index in [-0.39, 0.29) is 28.0 Å². The van der Waals surface area contributed by atoms with Gasteiger partial charge in [-0.3, -0.25) is 19.3 Å². The lowest BCUT2D eigenvalue weighted by atomic mass is 9.82. The molecule has 1 heterocycles. The van der Waals surface area contributed by atoms with E-state index in [1.54, 1.807) is 40.9 Å². The molecule has 0 aromatic carbocycles. The van der Waals surface area contributed by atoms with E-state index in [0.29, 0.717) is 22.9 Å². The van der Waals surface area contributed by atoms with Gasteiger partial charge in [-0.05, 0) is 85.6 Å². The van der Waals surface area contributed by atoms with Crippen LogP contribution in [0.25, 0.3) is 0 Å². The maximum atomic E-state index is 14.2. The Morgan fingerprint density at radius 3 is 2.12 bits per heavy atom. The number of likely N-dealkylation sites (N-methyl/N-ethyl adjacent to an activating group) is 1. The first-order valence-electron chi connectivity index (χ1n) is 14.0. The molecule has 1 aromatic rings. The van der Waals surface area contributed by atoms with Crippen molar-refractivity contribution < 1.29 is 28.7 Å². The molecular weight excluding hydrogens is 528 g/mol. The second-order valence-corrected chi connectivity index (χ2v) is 13.9. The number of amides is 2. The third-order valence-electron chi connectivity index (χ3n) is 6.74. The molecule has 0 unspecified atom stereocenters. The Morgan fingerprint density at radius 1 is 1.02 bits per heavy atom. The molecule has 1 saturated carbocycles. The Kier molecular flexibility index (Phi) is 11.4. The molecule has 2 amide bonds. The number of nitrogens with zero attached hydrogens (tertiary/aromatic N) is 2. The first-order chi connectivity index (χ1) is 18.5. The molecule has 222 valence electrons. The van der Waals surface area contributed by atoms with Crippen LogP contribution in [0.3, 0.4) is 0 Å². The summed E-state index contributed by atoms with van der Waals surface area (Å²) in [5, 5.41) is 0. The third kappa shape index (κ3) is 9.09. The molecule has 1 atom stereocenters. The maximum absolute atomic E-state index is 14.2. The number of esters is 2. The van der Waals surface area contributed by atoms with Crippen molar-refractivity contribution in [2.45, 2.75) is 93.5 Å². The Bertz CT molecular complexity index is 1140. The van der Waals surface area contributed by atoms with Crippen molar-refractivity contribution in [1.29, 1.82) is 0 Å². The van der Waals surface area contributed by atoms with Crippen LogP contribution in [0.15, 0.2) is 6.07 Å². The highest BCUT2D eigenvalue weighted by Gasteiger charge is 2.39. The monoisotopic (exact) mass is 574 g/mol. The first kappa shape index (κ1) is 33.3. The normalized spacial score (nSPS) is 18.1. The fourth-order valence-electron chi connectivity index (χ4n) is 4.35. The molecule has 0 saturated heterocycles. The summed E-state index contributed by atoms with van der Waals surface area (Å²) < 4.78 is 10.5. The van der Waals surface area contributed by atoms with Crippen LogP contribution in [-0.4, -0.2) is 55.6 Å². The van der Waals surface area contributed by atoms with E-state index < -0.39 is 30.2 Å². The number of ether oxygens (including phenoxy) is 2. The van der Waals surface area contributed by atoms with E-state index in [0.717, 1.165) is 37.0 Å². The van der Waals surface area contributed by atoms with Crippen molar-refractivity contribution >= 4 is 40.8 Å². The summed E-state index contributed by atoms with van der Waals surface area (Å²) in [5.41, 5.74) is -0.730. The lowest BCUT2D eigenvalue weighted by Crippen LogP contribution is -2.51. The number of thiophene rings is 1. The minimum absolute atomic E-state index is 0.146. The van der Waals surface area contributed by atoms with Gasteiger partial charge < -0.3 is 14.4 Å². The van der Waals surface area contributed by atoms with E-state index in [4.69, 9.17) is 9.47 Å². The van der Waals surface area contributed by atoms with Crippen LogP contribution in [0.2, 0.25) is 0 Å². The van der Waals surface area contributed by atoms with Crippen molar-refractivity contribution in [3.05, 3.63) is 15.8 Å². The highest BCUT2D eigenvalue weighted by Crippen LogP contribution is 2.37. The smallest absolute Gasteiger partial charge is 0.353 e. The predicted octanol–water partition coefficient (Wildman–Crippen LogP) is 5.88. The van der Waals surface area contributed by atoms with Crippen LogP contribution in [0.5, 0.6) is 0 Å². The van der Waals surface area contributed by atoms with Crippen molar-refractivity contribution in [1.82, 2.24) is 4.90 Å². The van der Waals surface area contributed by atoms with Gasteiger partial charge in [-0.15, -0.1) is 11.3 Å². The zero-order valence-corrected chi connectivity index (χ0v) is 26.6. The predicted molar refractivity (Wildman–Crippen MR) is 158 cm³/mol. The van der Waals surface area contributed by atoms with Crippen LogP contribution in [0, 0.1) is 34.5 Å². The summed E-state index contributed by atoms with van der Waals surface area (Å²) in [4.78, 5) is 56.7. The average molecular weight is 575 g/mol. The molecule has 0 radical (unpaired) electrons. The van der Waals surface area contributed by atoms with Gasteiger partial charge in [0.1, 0.15) is 10.9 Å². The lowest BCUT2D eigenvalue weighted by Gasteiger charge is -2.36. The Hall–Kier alpha value is -2.86. The maximum Gasteiger partial charge on any atom is 0.353 e. The van der Waals surface area contributed by atoms with E-state index in [1.807, 2.05) is 27.7 Å². The molecule has 0 spiro atoms. The largest absolute Gasteiger partial charge is 0.427 e. The molecule has 1 fully saturated rings. The van der Waals surface area contributed by atoms with Crippen LogP contribution < -0.4 is 4.90 Å². The fraction of sp³-hybridized carbons (Fsp3) is 0.677. The molecule has 9 heteroatoms. The number of hydrogen-bond acceptors (Lipinski definition) is 7. The van der Waals surface area contributed by atoms with E-state index in [9.17, 15) is 19.2 Å². The van der Waals surface area contributed by atoms with Gasteiger partial charge in [0.25, 0.3) is 0 Å². The number of carbonyl (C=O) groups excluding carboxylic acids is 4. The molecule has 1 aromatic heterocycles.